The van der Waals surface area contributed by atoms with Crippen LogP contribution in [-0.2, 0) is 4.79 Å². The molecule has 1 saturated heterocycles. The van der Waals surface area contributed by atoms with Gasteiger partial charge in [-0.1, -0.05) is 13.0 Å². The molecule has 0 spiro atoms. The number of carbonyl (C=O) groups excluding carboxylic acids is 1. The minimum absolute atomic E-state index is 0.130. The maximum absolute atomic E-state index is 13.6. The Hall–Kier alpha value is -1.59. The molecule has 1 aliphatic heterocycles. The Balaban J connectivity index is 2.37. The van der Waals surface area contributed by atoms with Crippen molar-refractivity contribution in [3.63, 3.8) is 0 Å². The van der Waals surface area contributed by atoms with E-state index >= 15 is 0 Å². The first-order valence-corrected chi connectivity index (χ1v) is 7.21. The third-order valence-corrected chi connectivity index (χ3v) is 3.95. The summed E-state index contributed by atoms with van der Waals surface area (Å²) in [4.78, 5) is 17.2. The van der Waals surface area contributed by atoms with Crippen LogP contribution in [0, 0.1) is 0 Å². The van der Waals surface area contributed by atoms with E-state index in [1.165, 1.54) is 29.4 Å². The molecule has 3 nitrogen and oxygen atoms in total. The van der Waals surface area contributed by atoms with Crippen LogP contribution in [-0.4, -0.2) is 34.6 Å². The molecular formula is C15H19F3N2O. The molecule has 1 amide bonds. The van der Waals surface area contributed by atoms with Crippen LogP contribution in [0.1, 0.15) is 44.1 Å². The smallest absolute Gasteiger partial charge is 0.339 e. The van der Waals surface area contributed by atoms with Gasteiger partial charge in [0.25, 0.3) is 0 Å². The van der Waals surface area contributed by atoms with Gasteiger partial charge in [-0.3, -0.25) is 9.78 Å². The fraction of sp³-hybridized carbons (Fsp3) is 0.600. The molecule has 2 heterocycles. The summed E-state index contributed by atoms with van der Waals surface area (Å²) in [6.45, 7) is 2.09. The minimum atomic E-state index is -4.39. The van der Waals surface area contributed by atoms with E-state index in [0.717, 1.165) is 6.42 Å². The molecule has 2 unspecified atom stereocenters. The van der Waals surface area contributed by atoms with Crippen molar-refractivity contribution >= 4 is 5.91 Å². The SMILES string of the molecule is CCC(=O)N1CCCCC1C(c1cccnc1)C(F)(F)F. The number of rotatable bonds is 3. The van der Waals surface area contributed by atoms with Crippen LogP contribution in [0.25, 0.3) is 0 Å². The number of hydrogen-bond acceptors (Lipinski definition) is 2. The lowest BCUT2D eigenvalue weighted by Gasteiger charge is -2.41. The molecule has 0 N–H and O–H groups in total. The number of amides is 1. The largest absolute Gasteiger partial charge is 0.397 e. The normalized spacial score (nSPS) is 21.1. The van der Waals surface area contributed by atoms with Gasteiger partial charge in [-0.2, -0.15) is 13.2 Å². The molecule has 1 aromatic rings. The summed E-state index contributed by atoms with van der Waals surface area (Å²) >= 11 is 0. The predicted molar refractivity (Wildman–Crippen MR) is 72.7 cm³/mol. The molecule has 0 aromatic carbocycles. The van der Waals surface area contributed by atoms with Crippen LogP contribution < -0.4 is 0 Å². The van der Waals surface area contributed by atoms with Crippen molar-refractivity contribution in [3.05, 3.63) is 30.1 Å². The van der Waals surface area contributed by atoms with Gasteiger partial charge >= 0.3 is 6.18 Å². The molecule has 0 saturated carbocycles. The number of nitrogens with zero attached hydrogens (tertiary/aromatic N) is 2. The van der Waals surface area contributed by atoms with Crippen molar-refractivity contribution in [2.75, 3.05) is 6.54 Å². The lowest BCUT2D eigenvalue weighted by molar-refractivity contribution is -0.172. The van der Waals surface area contributed by atoms with Crippen LogP contribution >= 0.6 is 0 Å². The third-order valence-electron chi connectivity index (χ3n) is 3.95. The first-order valence-electron chi connectivity index (χ1n) is 7.21. The van der Waals surface area contributed by atoms with Crippen LogP contribution in [0.5, 0.6) is 0 Å². The standard InChI is InChI=1S/C15H19F3N2O/c1-2-13(21)20-9-4-3-7-12(20)14(15(16,17)18)11-6-5-8-19-10-11/h5-6,8,10,12,14H,2-4,7,9H2,1H3. The number of hydrogen-bond donors (Lipinski definition) is 0. The summed E-state index contributed by atoms with van der Waals surface area (Å²) in [6, 6.07) is 2.12. The maximum atomic E-state index is 13.6. The number of carbonyl (C=O) groups is 1. The Morgan fingerprint density at radius 1 is 1.48 bits per heavy atom. The molecule has 116 valence electrons. The number of halogens is 3. The molecule has 2 atom stereocenters. The summed E-state index contributed by atoms with van der Waals surface area (Å²) < 4.78 is 40.7. The number of pyridine rings is 1. The van der Waals surface area contributed by atoms with Crippen molar-refractivity contribution in [3.8, 4) is 0 Å². The van der Waals surface area contributed by atoms with Gasteiger partial charge in [0.15, 0.2) is 0 Å². The number of alkyl halides is 3. The van der Waals surface area contributed by atoms with Crippen molar-refractivity contribution in [2.24, 2.45) is 0 Å². The second kappa shape index (κ2) is 6.45. The molecule has 1 fully saturated rings. The predicted octanol–water partition coefficient (Wildman–Crippen LogP) is 3.52. The van der Waals surface area contributed by atoms with E-state index in [0.29, 0.717) is 19.4 Å². The molecule has 0 bridgehead atoms. The molecule has 0 aliphatic carbocycles. The minimum Gasteiger partial charge on any atom is -0.339 e. The van der Waals surface area contributed by atoms with Gasteiger partial charge in [0.05, 0.1) is 0 Å². The fourth-order valence-electron chi connectivity index (χ4n) is 3.01. The Morgan fingerprint density at radius 2 is 2.24 bits per heavy atom. The van der Waals surface area contributed by atoms with E-state index in [1.807, 2.05) is 0 Å². The first kappa shape index (κ1) is 15.8. The zero-order chi connectivity index (χ0) is 15.5. The molecule has 1 aliphatic rings. The number of aromatic nitrogens is 1. The number of piperidine rings is 1. The van der Waals surface area contributed by atoms with Gasteiger partial charge in [-0.15, -0.1) is 0 Å². The van der Waals surface area contributed by atoms with Gasteiger partial charge in [0, 0.05) is 31.4 Å². The summed E-state index contributed by atoms with van der Waals surface area (Å²) in [5.74, 6) is -1.88. The summed E-state index contributed by atoms with van der Waals surface area (Å²) in [6.07, 6.45) is 0.398. The Bertz CT molecular complexity index is 476. The third kappa shape index (κ3) is 3.54. The molecule has 0 radical (unpaired) electrons. The van der Waals surface area contributed by atoms with Crippen molar-refractivity contribution < 1.29 is 18.0 Å². The van der Waals surface area contributed by atoms with Crippen LogP contribution in [0.3, 0.4) is 0 Å². The van der Waals surface area contributed by atoms with E-state index in [4.69, 9.17) is 0 Å². The highest BCUT2D eigenvalue weighted by molar-refractivity contribution is 5.76. The topological polar surface area (TPSA) is 33.2 Å². The highest BCUT2D eigenvalue weighted by Gasteiger charge is 2.49. The Kier molecular flexibility index (Phi) is 4.85. The second-order valence-corrected chi connectivity index (χ2v) is 5.31. The van der Waals surface area contributed by atoms with Crippen molar-refractivity contribution in [1.29, 1.82) is 0 Å². The van der Waals surface area contributed by atoms with Gasteiger partial charge in [-0.25, -0.2) is 0 Å². The average molecular weight is 300 g/mol. The lowest BCUT2D eigenvalue weighted by atomic mass is 9.85. The van der Waals surface area contributed by atoms with Gasteiger partial charge in [0.2, 0.25) is 5.91 Å². The van der Waals surface area contributed by atoms with E-state index in [9.17, 15) is 18.0 Å². The lowest BCUT2D eigenvalue weighted by Crippen LogP contribution is -2.50. The quantitative estimate of drug-likeness (QED) is 0.855. The Labute approximate surface area is 122 Å². The fourth-order valence-corrected chi connectivity index (χ4v) is 3.01. The van der Waals surface area contributed by atoms with Gasteiger partial charge < -0.3 is 4.90 Å². The average Bonchev–Trinajstić information content (AvgIpc) is 2.47. The highest BCUT2D eigenvalue weighted by Crippen LogP contribution is 2.42. The van der Waals surface area contributed by atoms with Gasteiger partial charge in [-0.05, 0) is 30.9 Å². The van der Waals surface area contributed by atoms with E-state index < -0.39 is 18.1 Å². The van der Waals surface area contributed by atoms with Gasteiger partial charge in [0.1, 0.15) is 5.92 Å². The van der Waals surface area contributed by atoms with Crippen molar-refractivity contribution in [2.45, 2.75) is 50.7 Å². The zero-order valence-corrected chi connectivity index (χ0v) is 11.9. The van der Waals surface area contributed by atoms with Crippen LogP contribution in [0.2, 0.25) is 0 Å². The number of likely N-dealkylation sites (tertiary alicyclic amines) is 1. The monoisotopic (exact) mass is 300 g/mol. The van der Waals surface area contributed by atoms with Crippen LogP contribution in [0.15, 0.2) is 24.5 Å². The summed E-state index contributed by atoms with van der Waals surface area (Å²) in [7, 11) is 0. The van der Waals surface area contributed by atoms with E-state index in [2.05, 4.69) is 4.98 Å². The van der Waals surface area contributed by atoms with E-state index in [-0.39, 0.29) is 17.9 Å². The van der Waals surface area contributed by atoms with E-state index in [1.54, 1.807) is 6.92 Å². The van der Waals surface area contributed by atoms with Crippen molar-refractivity contribution in [1.82, 2.24) is 9.88 Å². The molecular weight excluding hydrogens is 281 g/mol. The summed E-state index contributed by atoms with van der Waals surface area (Å²) in [5, 5.41) is 0. The van der Waals surface area contributed by atoms with Crippen LogP contribution in [0.4, 0.5) is 13.2 Å². The maximum Gasteiger partial charge on any atom is 0.397 e. The Morgan fingerprint density at radius 3 is 2.81 bits per heavy atom. The summed E-state index contributed by atoms with van der Waals surface area (Å²) in [5.41, 5.74) is 0.130. The second-order valence-electron chi connectivity index (χ2n) is 5.31. The molecule has 2 rings (SSSR count). The zero-order valence-electron chi connectivity index (χ0n) is 11.9. The molecule has 21 heavy (non-hydrogen) atoms. The first-order chi connectivity index (χ1) is 9.95. The molecule has 1 aromatic heterocycles. The molecule has 6 heteroatoms. The highest BCUT2D eigenvalue weighted by atomic mass is 19.4.